The summed E-state index contributed by atoms with van der Waals surface area (Å²) in [6, 6.07) is 77.7. The van der Waals surface area contributed by atoms with E-state index in [1.54, 1.807) is 6.07 Å². The normalized spacial score (nSPS) is 10.9. The number of hydrogen-bond acceptors (Lipinski definition) is 5. The molecule has 0 bridgehead atoms. The Morgan fingerprint density at radius 1 is 0.473 bits per heavy atom. The van der Waals surface area contributed by atoms with Crippen LogP contribution in [0.3, 0.4) is 0 Å². The van der Waals surface area contributed by atoms with Gasteiger partial charge in [0.25, 0.3) is 0 Å². The van der Waals surface area contributed by atoms with Gasteiger partial charge in [0.1, 0.15) is 22.5 Å². The summed E-state index contributed by atoms with van der Waals surface area (Å²) < 4.78 is 18.0. The van der Waals surface area contributed by atoms with Crippen molar-refractivity contribution in [3.8, 4) is 16.9 Å². The van der Waals surface area contributed by atoms with Crippen LogP contribution in [0.1, 0.15) is 38.9 Å². The third kappa shape index (κ3) is 11.4. The molecular formula is C66H57BBrNO4P. The van der Waals surface area contributed by atoms with E-state index in [-0.39, 0.29) is 0 Å². The van der Waals surface area contributed by atoms with Gasteiger partial charge in [-0.3, -0.25) is 0 Å². The van der Waals surface area contributed by atoms with Crippen molar-refractivity contribution in [1.82, 2.24) is 0 Å². The highest BCUT2D eigenvalue weighted by Crippen LogP contribution is 2.39. The van der Waals surface area contributed by atoms with Gasteiger partial charge in [-0.05, 0) is 134 Å². The summed E-state index contributed by atoms with van der Waals surface area (Å²) in [6.45, 7) is 10.7. The molecular weight excluding hydrogens is 992 g/mol. The van der Waals surface area contributed by atoms with Gasteiger partial charge in [-0.2, -0.15) is 0 Å². The number of anilines is 1. The summed E-state index contributed by atoms with van der Waals surface area (Å²) in [5.41, 5.74) is 21.5. The zero-order chi connectivity index (χ0) is 51.6. The Balaban J connectivity index is 0.000000129. The van der Waals surface area contributed by atoms with Crippen molar-refractivity contribution in [2.75, 3.05) is 5.73 Å². The van der Waals surface area contributed by atoms with E-state index >= 15 is 0 Å². The minimum atomic E-state index is -0.467. The molecule has 0 aliphatic heterocycles. The number of fused-ring (bicyclic) bond motifs is 6. The van der Waals surface area contributed by atoms with E-state index in [1.165, 1.54) is 65.6 Å². The molecule has 5 nitrogen and oxygen atoms in total. The van der Waals surface area contributed by atoms with E-state index in [9.17, 15) is 0 Å². The fourth-order valence-corrected chi connectivity index (χ4v) is 12.1. The summed E-state index contributed by atoms with van der Waals surface area (Å²) in [7, 11) is 0.188. The first-order valence-electron chi connectivity index (χ1n) is 24.6. The molecule has 12 aromatic rings. The minimum Gasteiger partial charge on any atom is -0.535 e. The highest BCUT2D eigenvalue weighted by atomic mass is 79.9. The van der Waals surface area contributed by atoms with Crippen LogP contribution in [0, 0.1) is 34.6 Å². The lowest BCUT2D eigenvalue weighted by molar-refractivity contribution is 0.451. The Labute approximate surface area is 444 Å². The topological polar surface area (TPSA) is 81.8 Å². The van der Waals surface area contributed by atoms with Gasteiger partial charge < -0.3 is 24.2 Å². The smallest absolute Gasteiger partial charge is 0.535 e. The molecule has 0 amide bonds. The number of nitrogens with two attached hydrogens (primary N) is 1. The third-order valence-corrected chi connectivity index (χ3v) is 16.8. The van der Waals surface area contributed by atoms with Crippen molar-refractivity contribution in [2.45, 2.75) is 41.0 Å². The van der Waals surface area contributed by atoms with Gasteiger partial charge in [0.2, 0.25) is 0 Å². The molecule has 0 saturated heterocycles. The second-order valence-corrected chi connectivity index (χ2v) is 21.2. The van der Waals surface area contributed by atoms with E-state index < -0.39 is 7.92 Å². The average molecular weight is 1050 g/mol. The molecule has 0 saturated carbocycles. The second-order valence-electron chi connectivity index (χ2n) is 18.1. The Morgan fingerprint density at radius 3 is 1.59 bits per heavy atom. The second kappa shape index (κ2) is 23.9. The molecule has 2 heterocycles. The van der Waals surface area contributed by atoms with Crippen LogP contribution < -0.4 is 26.3 Å². The number of hydrogen-bond donors (Lipinski definition) is 2. The lowest BCUT2D eigenvalue weighted by Crippen LogP contribution is -2.22. The van der Waals surface area contributed by atoms with Crippen LogP contribution in [0.4, 0.5) is 5.69 Å². The largest absolute Gasteiger partial charge is 0.569 e. The van der Waals surface area contributed by atoms with Crippen molar-refractivity contribution >= 4 is 97.0 Å². The van der Waals surface area contributed by atoms with Crippen LogP contribution in [0.25, 0.3) is 55.0 Å². The summed E-state index contributed by atoms with van der Waals surface area (Å²) >= 11 is 3.40. The molecule has 0 aliphatic rings. The van der Waals surface area contributed by atoms with E-state index in [1.807, 2.05) is 74.5 Å². The Kier molecular flexibility index (Phi) is 16.6. The van der Waals surface area contributed by atoms with Crippen LogP contribution in [0.2, 0.25) is 0 Å². The van der Waals surface area contributed by atoms with Crippen LogP contribution in [0.5, 0.6) is 5.75 Å². The Bertz CT molecular complexity index is 3750. The van der Waals surface area contributed by atoms with E-state index in [2.05, 4.69) is 194 Å². The Morgan fingerprint density at radius 2 is 0.986 bits per heavy atom. The van der Waals surface area contributed by atoms with Crippen LogP contribution in [0.15, 0.2) is 238 Å². The minimum absolute atomic E-state index is 0.467. The summed E-state index contributed by atoms with van der Waals surface area (Å²) in [4.78, 5) is 0. The number of rotatable bonds is 8. The van der Waals surface area contributed by atoms with Crippen molar-refractivity contribution in [3.05, 3.63) is 268 Å². The maximum atomic E-state index is 8.67. The summed E-state index contributed by atoms with van der Waals surface area (Å²) in [5.74, 6) is 0.510. The van der Waals surface area contributed by atoms with Gasteiger partial charge in [-0.15, -0.1) is 0 Å². The molecule has 0 unspecified atom stereocenters. The molecule has 0 aliphatic carbocycles. The first kappa shape index (κ1) is 51.2. The number of aryl methyl sites for hydroxylation is 3. The molecule has 12 rings (SSSR count). The number of para-hydroxylation sites is 4. The number of benzene rings is 10. The quantitative estimate of drug-likeness (QED) is 0.0900. The summed E-state index contributed by atoms with van der Waals surface area (Å²) in [5, 5.41) is 17.3. The first-order chi connectivity index (χ1) is 36.1. The molecule has 8 heteroatoms. The van der Waals surface area contributed by atoms with Crippen LogP contribution >= 0.6 is 23.9 Å². The zero-order valence-electron chi connectivity index (χ0n) is 42.2. The van der Waals surface area contributed by atoms with Crippen molar-refractivity contribution in [1.29, 1.82) is 0 Å². The van der Waals surface area contributed by atoms with Gasteiger partial charge in [-0.1, -0.05) is 216 Å². The molecule has 74 heavy (non-hydrogen) atoms. The van der Waals surface area contributed by atoms with Crippen LogP contribution in [-0.2, 0) is 6.42 Å². The fourth-order valence-electron chi connectivity index (χ4n) is 9.32. The van der Waals surface area contributed by atoms with Gasteiger partial charge in [0.05, 0.1) is 0 Å². The van der Waals surface area contributed by atoms with Crippen molar-refractivity contribution in [2.24, 2.45) is 0 Å². The standard InChI is InChI=1S/C27H22O.C19H17P.C12H8BO3.C8H10BrN/c1-18-15-16-21(19(2)25(18)17-20-9-4-3-5-10-20)23-12-8-13-24-22-11-6-7-14-26(22)28-27(23)24;1-16-10-8-9-15-19(16)20(17-11-4-2-5-12-17)18-13-6-3-7-14-18;14-13-16-11-7-3-5-9-8-4-1-2-6-10(8)15-12(9)11;1-5-3-4-7(9)6(2)8(5)10/h3-16H,17H2,1-2H3;2-15H,1H3;1-7,14H;3-4H,10H2,1-2H3. The highest BCUT2D eigenvalue weighted by molar-refractivity contribution is 9.10. The lowest BCUT2D eigenvalue weighted by atomic mass is 9.89. The average Bonchev–Trinajstić information content (AvgIpc) is 4.03. The predicted molar refractivity (Wildman–Crippen MR) is 318 cm³/mol. The molecule has 10 aromatic carbocycles. The first-order valence-corrected chi connectivity index (χ1v) is 26.8. The maximum Gasteiger partial charge on any atom is 0.569 e. The summed E-state index contributed by atoms with van der Waals surface area (Å²) in [6.07, 6.45) is 0.947. The third-order valence-electron chi connectivity index (χ3n) is 13.4. The molecule has 3 N–H and O–H groups in total. The maximum absolute atomic E-state index is 8.67. The van der Waals surface area contributed by atoms with Crippen molar-refractivity contribution in [3.63, 3.8) is 0 Å². The zero-order valence-corrected chi connectivity index (χ0v) is 44.7. The molecule has 365 valence electrons. The molecule has 0 atom stereocenters. The SMILES string of the molecule is Cc1ccc(-c2cccc3c2oc2ccccc23)c(C)c1Cc1ccccc1.Cc1ccc(Br)c(C)c1N.Cc1ccccc1P(c1ccccc1)c1ccccc1.O[B]Oc1cccc2c1oc1ccccc12. The Hall–Kier alpha value is -7.67. The molecule has 1 radical (unpaired) electrons. The fraction of sp³-hybridized carbons (Fsp3) is 0.0909. The molecule has 0 fully saturated rings. The monoisotopic (exact) mass is 1050 g/mol. The van der Waals surface area contributed by atoms with Gasteiger partial charge in [0, 0.05) is 37.3 Å². The van der Waals surface area contributed by atoms with E-state index in [0.717, 1.165) is 55.2 Å². The predicted octanol–water partition coefficient (Wildman–Crippen LogP) is 16.4. The van der Waals surface area contributed by atoms with Crippen LogP contribution in [-0.4, -0.2) is 12.7 Å². The van der Waals surface area contributed by atoms with Crippen molar-refractivity contribution < 1.29 is 18.5 Å². The number of furan rings is 2. The van der Waals surface area contributed by atoms with E-state index in [4.69, 9.17) is 24.2 Å². The number of nitrogen functional groups attached to an aromatic ring is 1. The molecule has 2 aromatic heterocycles. The van der Waals surface area contributed by atoms with Gasteiger partial charge >= 0.3 is 7.69 Å². The van der Waals surface area contributed by atoms with E-state index in [0.29, 0.717) is 19.0 Å². The van der Waals surface area contributed by atoms with Gasteiger partial charge in [-0.25, -0.2) is 0 Å². The lowest BCUT2D eigenvalue weighted by Gasteiger charge is -2.21. The van der Waals surface area contributed by atoms with Gasteiger partial charge in [0.15, 0.2) is 5.58 Å². The number of halogens is 1. The highest BCUT2D eigenvalue weighted by Gasteiger charge is 2.19. The molecule has 0 spiro atoms.